The number of hydrogen-bond acceptors (Lipinski definition) is 6. The van der Waals surface area contributed by atoms with Crippen LogP contribution in [0.2, 0.25) is 0 Å². The predicted molar refractivity (Wildman–Crippen MR) is 144 cm³/mol. The van der Waals surface area contributed by atoms with Crippen LogP contribution in [0, 0.1) is 0 Å². The Bertz CT molecular complexity index is 1580. The third-order valence-electron chi connectivity index (χ3n) is 6.99. The van der Waals surface area contributed by atoms with Crippen molar-refractivity contribution in [3.63, 3.8) is 0 Å². The zero-order valence-corrected chi connectivity index (χ0v) is 22.2. The topological polar surface area (TPSA) is 86.7 Å². The molecule has 2 aliphatic carbocycles. The van der Waals surface area contributed by atoms with Crippen molar-refractivity contribution in [2.45, 2.75) is 39.2 Å². The second kappa shape index (κ2) is 9.37. The van der Waals surface area contributed by atoms with Gasteiger partial charge >= 0.3 is 0 Å². The molecule has 0 saturated carbocycles. The second-order valence-corrected chi connectivity index (χ2v) is 10.3. The van der Waals surface area contributed by atoms with Crippen molar-refractivity contribution in [2.75, 3.05) is 7.11 Å². The Labute approximate surface area is 225 Å². The van der Waals surface area contributed by atoms with Gasteiger partial charge in [-0.15, -0.1) is 0 Å². The molecule has 0 bridgehead atoms. The fourth-order valence-electron chi connectivity index (χ4n) is 5.07. The highest BCUT2D eigenvalue weighted by molar-refractivity contribution is 6.52. The van der Waals surface area contributed by atoms with Crippen LogP contribution in [-0.2, 0) is 4.74 Å². The van der Waals surface area contributed by atoms with Gasteiger partial charge in [0, 0.05) is 27.8 Å². The molecule has 0 aromatic heterocycles. The monoisotopic (exact) mass is 528 g/mol. The Morgan fingerprint density at radius 3 is 2.24 bits per heavy atom. The maximum atomic E-state index is 13.8. The van der Waals surface area contributed by atoms with Crippen LogP contribution in [0.5, 0.6) is 5.75 Å². The molecule has 192 valence electrons. The molecule has 5 rings (SSSR count). The number of rotatable bonds is 5. The summed E-state index contributed by atoms with van der Waals surface area (Å²) in [6.45, 7) is 6.05. The van der Waals surface area contributed by atoms with E-state index >= 15 is 0 Å². The first-order valence-electron chi connectivity index (χ1n) is 12.2. The van der Waals surface area contributed by atoms with Gasteiger partial charge in [-0.1, -0.05) is 53.6 Å². The lowest BCUT2D eigenvalue weighted by atomic mass is 9.77. The minimum Gasteiger partial charge on any atom is -0.492 e. The zero-order chi connectivity index (χ0) is 27.4. The van der Waals surface area contributed by atoms with E-state index in [4.69, 9.17) is 21.1 Å². The first kappa shape index (κ1) is 25.6. The number of Topliss-reactive ketones (excluding diaryl/α,β-unsaturated/α-hetero) is 4. The SMILES string of the molecule is COC1=C(C2=C(Cl)C(=O)c3ccccc3C2=O)C(=O)c2ccc3c(c2C1=O)C=C[C@](C)(CCC=C(C)C)O3. The highest BCUT2D eigenvalue weighted by Gasteiger charge is 2.43. The number of benzene rings is 2. The van der Waals surface area contributed by atoms with Gasteiger partial charge in [0.25, 0.3) is 0 Å². The fraction of sp³-hybridized carbons (Fsp3) is 0.226. The Balaban J connectivity index is 1.61. The molecule has 1 heterocycles. The molecule has 38 heavy (non-hydrogen) atoms. The lowest BCUT2D eigenvalue weighted by Crippen LogP contribution is -2.34. The number of allylic oxidation sites excluding steroid dienone is 6. The quantitative estimate of drug-likeness (QED) is 0.414. The predicted octanol–water partition coefficient (Wildman–Crippen LogP) is 6.45. The van der Waals surface area contributed by atoms with E-state index in [9.17, 15) is 19.2 Å². The summed E-state index contributed by atoms with van der Waals surface area (Å²) >= 11 is 6.38. The average molecular weight is 529 g/mol. The van der Waals surface area contributed by atoms with Gasteiger partial charge in [0.1, 0.15) is 16.4 Å². The van der Waals surface area contributed by atoms with Crippen molar-refractivity contribution >= 4 is 40.8 Å². The summed E-state index contributed by atoms with van der Waals surface area (Å²) in [6, 6.07) is 9.37. The summed E-state index contributed by atoms with van der Waals surface area (Å²) in [5, 5.41) is -0.420. The third-order valence-corrected chi connectivity index (χ3v) is 7.35. The largest absolute Gasteiger partial charge is 0.492 e. The second-order valence-electron chi connectivity index (χ2n) is 9.93. The first-order valence-corrected chi connectivity index (χ1v) is 12.6. The van der Waals surface area contributed by atoms with Crippen molar-refractivity contribution in [3.8, 4) is 5.75 Å². The van der Waals surface area contributed by atoms with E-state index in [2.05, 4.69) is 6.08 Å². The number of methoxy groups -OCH3 is 1. The number of carbonyl (C=O) groups excluding carboxylic acids is 4. The normalized spacial score (nSPS) is 20.1. The number of ether oxygens (including phenoxy) is 2. The van der Waals surface area contributed by atoms with Crippen molar-refractivity contribution in [1.82, 2.24) is 0 Å². The van der Waals surface area contributed by atoms with Gasteiger partial charge in [-0.05, 0) is 51.8 Å². The number of hydrogen-bond donors (Lipinski definition) is 0. The Hall–Kier alpha value is -4.03. The Morgan fingerprint density at radius 1 is 0.921 bits per heavy atom. The summed E-state index contributed by atoms with van der Waals surface area (Å²) in [7, 11) is 1.24. The van der Waals surface area contributed by atoms with E-state index in [1.54, 1.807) is 24.3 Å². The van der Waals surface area contributed by atoms with Crippen LogP contribution in [0.3, 0.4) is 0 Å². The van der Waals surface area contributed by atoms with Gasteiger partial charge in [-0.2, -0.15) is 0 Å². The van der Waals surface area contributed by atoms with Crippen LogP contribution in [-0.4, -0.2) is 35.8 Å². The molecule has 3 aliphatic rings. The fourth-order valence-corrected chi connectivity index (χ4v) is 5.35. The van der Waals surface area contributed by atoms with E-state index in [1.165, 1.54) is 30.9 Å². The van der Waals surface area contributed by atoms with Crippen LogP contribution < -0.4 is 4.74 Å². The summed E-state index contributed by atoms with van der Waals surface area (Å²) in [5.41, 5.74) is 0.932. The minimum absolute atomic E-state index is 0.0852. The third kappa shape index (κ3) is 3.96. The molecule has 6 nitrogen and oxygen atoms in total. The summed E-state index contributed by atoms with van der Waals surface area (Å²) in [5.74, 6) is -2.30. The molecule has 7 heteroatoms. The van der Waals surface area contributed by atoms with Crippen LogP contribution in [0.15, 0.2) is 76.1 Å². The van der Waals surface area contributed by atoms with Gasteiger partial charge < -0.3 is 9.47 Å². The molecule has 0 amide bonds. The van der Waals surface area contributed by atoms with Crippen LogP contribution in [0.25, 0.3) is 6.08 Å². The van der Waals surface area contributed by atoms with Gasteiger partial charge in [0.2, 0.25) is 11.6 Å². The molecule has 0 saturated heterocycles. The Morgan fingerprint density at radius 2 is 1.58 bits per heavy atom. The summed E-state index contributed by atoms with van der Waals surface area (Å²) in [6.07, 6.45) is 7.38. The lowest BCUT2D eigenvalue weighted by molar-refractivity contribution is 0.0897. The maximum Gasteiger partial charge on any atom is 0.229 e. The standard InChI is InChI=1S/C31H25ClO6/c1-16(2)8-7-14-31(3)15-13-19-21(38-31)12-11-20-22(19)29(36)30(37-4)24(27(20)34)23-25(32)28(35)18-10-6-5-9-17(18)26(23)33/h5-6,8-13,15H,7,14H2,1-4H3/t31-/m0/s1. The minimum atomic E-state index is -0.627. The van der Waals surface area contributed by atoms with Gasteiger partial charge in [0.05, 0.1) is 18.3 Å². The lowest BCUT2D eigenvalue weighted by Gasteiger charge is -2.33. The number of ketones is 4. The maximum absolute atomic E-state index is 13.8. The smallest absolute Gasteiger partial charge is 0.229 e. The van der Waals surface area contributed by atoms with Gasteiger partial charge in [-0.25, -0.2) is 0 Å². The molecule has 0 spiro atoms. The van der Waals surface area contributed by atoms with Crippen LogP contribution in [0.4, 0.5) is 0 Å². The highest BCUT2D eigenvalue weighted by atomic mass is 35.5. The van der Waals surface area contributed by atoms with E-state index in [0.29, 0.717) is 11.3 Å². The molecule has 1 aliphatic heterocycles. The average Bonchev–Trinajstić information content (AvgIpc) is 2.89. The molecule has 0 N–H and O–H groups in total. The molecular weight excluding hydrogens is 504 g/mol. The highest BCUT2D eigenvalue weighted by Crippen LogP contribution is 2.43. The zero-order valence-electron chi connectivity index (χ0n) is 21.4. The van der Waals surface area contributed by atoms with Crippen LogP contribution >= 0.6 is 11.6 Å². The molecule has 2 aromatic carbocycles. The Kier molecular flexibility index (Phi) is 6.32. The first-order chi connectivity index (χ1) is 18.1. The molecule has 0 radical (unpaired) electrons. The van der Waals surface area contributed by atoms with Crippen molar-refractivity contribution < 1.29 is 28.7 Å². The molecule has 1 atom stereocenters. The number of carbonyl (C=O) groups is 4. The van der Waals surface area contributed by atoms with E-state index in [1.807, 2.05) is 26.8 Å². The van der Waals surface area contributed by atoms with E-state index in [0.717, 1.165) is 12.8 Å². The van der Waals surface area contributed by atoms with E-state index < -0.39 is 33.8 Å². The summed E-state index contributed by atoms with van der Waals surface area (Å²) < 4.78 is 11.7. The van der Waals surface area contributed by atoms with Gasteiger partial charge in [-0.3, -0.25) is 19.2 Å². The van der Waals surface area contributed by atoms with Crippen molar-refractivity contribution in [1.29, 1.82) is 0 Å². The molecule has 2 aromatic rings. The molecule has 0 fully saturated rings. The van der Waals surface area contributed by atoms with Crippen LogP contribution in [0.1, 0.15) is 80.6 Å². The van der Waals surface area contributed by atoms with E-state index in [-0.39, 0.29) is 39.2 Å². The van der Waals surface area contributed by atoms with Crippen molar-refractivity contribution in [2.24, 2.45) is 0 Å². The number of halogens is 1. The van der Waals surface area contributed by atoms with Crippen molar-refractivity contribution in [3.05, 3.63) is 104 Å². The van der Waals surface area contributed by atoms with Gasteiger partial charge in [0.15, 0.2) is 17.3 Å². The summed E-state index contributed by atoms with van der Waals surface area (Å²) in [4.78, 5) is 54.0. The molecule has 0 unspecified atom stereocenters. The molecular formula is C31H25ClO6. The number of fused-ring (bicyclic) bond motifs is 4.